The monoisotopic (exact) mass is 197 g/mol. The first-order valence-corrected chi connectivity index (χ1v) is 5.60. The fourth-order valence-corrected chi connectivity index (χ4v) is 2.96. The fraction of sp³-hybridized carbons (Fsp3) is 0.909. The Labute approximate surface area is 85.2 Å². The third-order valence-electron chi connectivity index (χ3n) is 3.70. The molecule has 80 valence electrons. The van der Waals surface area contributed by atoms with Crippen LogP contribution in [0.2, 0.25) is 0 Å². The summed E-state index contributed by atoms with van der Waals surface area (Å²) >= 11 is 0. The lowest BCUT2D eigenvalue weighted by Crippen LogP contribution is -2.35. The van der Waals surface area contributed by atoms with E-state index < -0.39 is 0 Å². The number of carbonyl (C=O) groups excluding carboxylic acids is 1. The second-order valence-corrected chi connectivity index (χ2v) is 4.56. The van der Waals surface area contributed by atoms with Crippen LogP contribution in [0.4, 0.5) is 0 Å². The highest BCUT2D eigenvalue weighted by atomic mass is 16.5. The smallest absolute Gasteiger partial charge is 0.306 e. The molecule has 3 nitrogen and oxygen atoms in total. The molecule has 0 heterocycles. The van der Waals surface area contributed by atoms with Crippen LogP contribution >= 0.6 is 0 Å². The molecule has 1 N–H and O–H groups in total. The molecule has 0 radical (unpaired) electrons. The van der Waals surface area contributed by atoms with Gasteiger partial charge in [-0.2, -0.15) is 0 Å². The van der Waals surface area contributed by atoms with E-state index in [4.69, 9.17) is 0 Å². The second kappa shape index (κ2) is 4.30. The molecule has 3 atom stereocenters. The van der Waals surface area contributed by atoms with Crippen molar-refractivity contribution in [2.75, 3.05) is 13.7 Å². The van der Waals surface area contributed by atoms with Crippen molar-refractivity contribution < 1.29 is 9.53 Å². The summed E-state index contributed by atoms with van der Waals surface area (Å²) in [5, 5.41) is 3.48. The van der Waals surface area contributed by atoms with E-state index in [1.54, 1.807) is 0 Å². The number of rotatable bonds is 4. The van der Waals surface area contributed by atoms with Crippen molar-refractivity contribution in [2.24, 2.45) is 11.8 Å². The van der Waals surface area contributed by atoms with Gasteiger partial charge in [0.15, 0.2) is 0 Å². The fourth-order valence-electron chi connectivity index (χ4n) is 2.96. The largest absolute Gasteiger partial charge is 0.469 e. The zero-order valence-corrected chi connectivity index (χ0v) is 8.79. The lowest BCUT2D eigenvalue weighted by molar-refractivity contribution is -0.140. The minimum Gasteiger partial charge on any atom is -0.469 e. The molecular weight excluding hydrogens is 178 g/mol. The normalized spacial score (nSPS) is 34.8. The highest BCUT2D eigenvalue weighted by molar-refractivity contribution is 5.69. The van der Waals surface area contributed by atoms with E-state index in [9.17, 15) is 4.79 Å². The van der Waals surface area contributed by atoms with E-state index in [1.807, 2.05) is 0 Å². The first-order chi connectivity index (χ1) is 6.79. The van der Waals surface area contributed by atoms with Crippen molar-refractivity contribution in [2.45, 2.75) is 38.1 Å². The average Bonchev–Trinajstić information content (AvgIpc) is 2.79. The van der Waals surface area contributed by atoms with Crippen LogP contribution in [0.15, 0.2) is 0 Å². The maximum atomic E-state index is 10.9. The van der Waals surface area contributed by atoms with Crippen LogP contribution < -0.4 is 5.32 Å². The summed E-state index contributed by atoms with van der Waals surface area (Å²) in [5.41, 5.74) is 0. The van der Waals surface area contributed by atoms with Crippen molar-refractivity contribution in [3.8, 4) is 0 Å². The van der Waals surface area contributed by atoms with Crippen LogP contribution in [0.25, 0.3) is 0 Å². The summed E-state index contributed by atoms with van der Waals surface area (Å²) in [6, 6.07) is 0.679. The van der Waals surface area contributed by atoms with E-state index >= 15 is 0 Å². The lowest BCUT2D eigenvalue weighted by atomic mass is 9.95. The highest BCUT2D eigenvalue weighted by Crippen LogP contribution is 2.44. The average molecular weight is 197 g/mol. The van der Waals surface area contributed by atoms with E-state index in [1.165, 1.54) is 32.8 Å². The van der Waals surface area contributed by atoms with Crippen LogP contribution in [0.5, 0.6) is 0 Å². The molecule has 2 fully saturated rings. The number of nitrogens with one attached hydrogen (secondary N) is 1. The van der Waals surface area contributed by atoms with Gasteiger partial charge in [-0.15, -0.1) is 0 Å². The zero-order chi connectivity index (χ0) is 9.97. The van der Waals surface area contributed by atoms with Crippen LogP contribution in [-0.2, 0) is 9.53 Å². The van der Waals surface area contributed by atoms with Gasteiger partial charge >= 0.3 is 5.97 Å². The topological polar surface area (TPSA) is 38.3 Å². The maximum absolute atomic E-state index is 10.9. The molecule has 2 aliphatic carbocycles. The first-order valence-electron chi connectivity index (χ1n) is 5.60. The zero-order valence-electron chi connectivity index (χ0n) is 8.79. The Morgan fingerprint density at radius 2 is 2.29 bits per heavy atom. The quantitative estimate of drug-likeness (QED) is 0.691. The molecule has 2 aliphatic rings. The van der Waals surface area contributed by atoms with Gasteiger partial charge in [-0.3, -0.25) is 4.79 Å². The van der Waals surface area contributed by atoms with Crippen molar-refractivity contribution in [3.05, 3.63) is 0 Å². The molecule has 2 saturated carbocycles. The number of methoxy groups -OCH3 is 1. The number of esters is 1. The molecule has 2 rings (SSSR count). The Morgan fingerprint density at radius 1 is 1.43 bits per heavy atom. The van der Waals surface area contributed by atoms with E-state index in [0.29, 0.717) is 12.5 Å². The van der Waals surface area contributed by atoms with E-state index in [0.717, 1.165) is 18.4 Å². The first kappa shape index (κ1) is 9.97. The van der Waals surface area contributed by atoms with Crippen LogP contribution in [0, 0.1) is 11.8 Å². The maximum Gasteiger partial charge on any atom is 0.306 e. The summed E-state index contributed by atoms with van der Waals surface area (Å²) in [6.45, 7) is 0.778. The Balaban J connectivity index is 1.64. The van der Waals surface area contributed by atoms with Crippen molar-refractivity contribution in [3.63, 3.8) is 0 Å². The summed E-state index contributed by atoms with van der Waals surface area (Å²) < 4.78 is 4.60. The van der Waals surface area contributed by atoms with Gasteiger partial charge < -0.3 is 10.1 Å². The predicted molar refractivity (Wildman–Crippen MR) is 53.9 cm³/mol. The van der Waals surface area contributed by atoms with Gasteiger partial charge in [0, 0.05) is 12.6 Å². The highest BCUT2D eigenvalue weighted by Gasteiger charge is 2.38. The molecule has 0 saturated heterocycles. The Kier molecular flexibility index (Phi) is 3.06. The lowest BCUT2D eigenvalue weighted by Gasteiger charge is -2.22. The minimum absolute atomic E-state index is 0.111. The molecular formula is C11H19NO2. The van der Waals surface area contributed by atoms with E-state index in [-0.39, 0.29) is 5.97 Å². The minimum atomic E-state index is -0.111. The van der Waals surface area contributed by atoms with Crippen LogP contribution in [-0.4, -0.2) is 25.7 Å². The molecule has 3 unspecified atom stereocenters. The predicted octanol–water partition coefficient (Wildman–Crippen LogP) is 1.33. The van der Waals surface area contributed by atoms with E-state index in [2.05, 4.69) is 10.1 Å². The Hall–Kier alpha value is -0.570. The summed E-state index contributed by atoms with van der Waals surface area (Å²) in [6.07, 6.45) is 6.06. The molecule has 0 aromatic rings. The molecule has 2 bridgehead atoms. The molecule has 0 aliphatic heterocycles. The van der Waals surface area contributed by atoms with Gasteiger partial charge in [-0.25, -0.2) is 0 Å². The number of hydrogen-bond donors (Lipinski definition) is 1. The molecule has 14 heavy (non-hydrogen) atoms. The van der Waals surface area contributed by atoms with Gasteiger partial charge in [0.25, 0.3) is 0 Å². The third kappa shape index (κ3) is 2.08. The molecule has 0 aromatic heterocycles. The SMILES string of the molecule is COC(=O)CCNC1CC2CCC1C2. The summed E-state index contributed by atoms with van der Waals surface area (Å²) in [7, 11) is 1.44. The summed E-state index contributed by atoms with van der Waals surface area (Å²) in [4.78, 5) is 10.9. The molecule has 0 amide bonds. The van der Waals surface area contributed by atoms with Gasteiger partial charge in [0.2, 0.25) is 0 Å². The van der Waals surface area contributed by atoms with Gasteiger partial charge in [-0.1, -0.05) is 6.42 Å². The standard InChI is InChI=1S/C11H19NO2/c1-14-11(13)4-5-12-10-7-8-2-3-9(10)6-8/h8-10,12H,2-7H2,1H3. The van der Waals surface area contributed by atoms with Gasteiger partial charge in [0.05, 0.1) is 13.5 Å². The number of carbonyl (C=O) groups is 1. The second-order valence-electron chi connectivity index (χ2n) is 4.56. The number of hydrogen-bond acceptors (Lipinski definition) is 3. The molecule has 0 spiro atoms. The molecule has 0 aromatic carbocycles. The van der Waals surface area contributed by atoms with Crippen molar-refractivity contribution in [1.82, 2.24) is 5.32 Å². The van der Waals surface area contributed by atoms with Crippen molar-refractivity contribution in [1.29, 1.82) is 0 Å². The van der Waals surface area contributed by atoms with Crippen molar-refractivity contribution >= 4 is 5.97 Å². The third-order valence-corrected chi connectivity index (χ3v) is 3.70. The van der Waals surface area contributed by atoms with Gasteiger partial charge in [0.1, 0.15) is 0 Å². The number of ether oxygens (including phenoxy) is 1. The summed E-state index contributed by atoms with van der Waals surface area (Å²) in [5.74, 6) is 1.74. The number of fused-ring (bicyclic) bond motifs is 2. The van der Waals surface area contributed by atoms with Gasteiger partial charge in [-0.05, 0) is 31.1 Å². The Bertz CT molecular complexity index is 217. The molecule has 3 heteroatoms. The Morgan fingerprint density at radius 3 is 2.86 bits per heavy atom. The van der Waals surface area contributed by atoms with Crippen LogP contribution in [0.1, 0.15) is 32.1 Å². The van der Waals surface area contributed by atoms with Crippen LogP contribution in [0.3, 0.4) is 0 Å².